The van der Waals surface area contributed by atoms with E-state index in [2.05, 4.69) is 48.5 Å². The Balaban J connectivity index is 1.74. The van der Waals surface area contributed by atoms with E-state index in [9.17, 15) is 0 Å². The molecule has 3 nitrogen and oxygen atoms in total. The van der Waals surface area contributed by atoms with Gasteiger partial charge in [0.15, 0.2) is 0 Å². The number of fused-ring (bicyclic) bond motifs is 1. The summed E-state index contributed by atoms with van der Waals surface area (Å²) < 4.78 is 5.67. The monoisotopic (exact) mass is 284 g/mol. The normalized spacial score (nSPS) is 23.0. The SMILES string of the molecule is CCOC1CC(CC(NC)c2cccc3ccncc23)C1. The van der Waals surface area contributed by atoms with Gasteiger partial charge in [-0.25, -0.2) is 0 Å². The van der Waals surface area contributed by atoms with Crippen LogP contribution in [-0.4, -0.2) is 24.7 Å². The molecule has 1 unspecified atom stereocenters. The number of nitrogens with one attached hydrogen (secondary N) is 1. The fourth-order valence-electron chi connectivity index (χ4n) is 3.41. The minimum atomic E-state index is 0.394. The molecule has 1 N–H and O–H groups in total. The molecule has 0 spiro atoms. The van der Waals surface area contributed by atoms with Gasteiger partial charge in [-0.1, -0.05) is 18.2 Å². The Morgan fingerprint density at radius 3 is 2.95 bits per heavy atom. The Kier molecular flexibility index (Phi) is 4.51. The zero-order chi connectivity index (χ0) is 14.7. The van der Waals surface area contributed by atoms with Gasteiger partial charge in [0.05, 0.1) is 6.10 Å². The molecule has 1 aliphatic carbocycles. The van der Waals surface area contributed by atoms with Crippen LogP contribution in [0.25, 0.3) is 10.8 Å². The smallest absolute Gasteiger partial charge is 0.0580 e. The maximum absolute atomic E-state index is 5.67. The molecule has 0 aliphatic heterocycles. The van der Waals surface area contributed by atoms with Crippen LogP contribution >= 0.6 is 0 Å². The number of rotatable bonds is 6. The van der Waals surface area contributed by atoms with Crippen LogP contribution in [0.4, 0.5) is 0 Å². The summed E-state index contributed by atoms with van der Waals surface area (Å²) in [7, 11) is 2.05. The fraction of sp³-hybridized carbons (Fsp3) is 0.500. The maximum atomic E-state index is 5.67. The van der Waals surface area contributed by atoms with Gasteiger partial charge in [0.1, 0.15) is 0 Å². The second-order valence-electron chi connectivity index (χ2n) is 5.94. The molecule has 1 aromatic carbocycles. The number of pyridine rings is 1. The predicted octanol–water partition coefficient (Wildman–Crippen LogP) is 3.70. The van der Waals surface area contributed by atoms with Crippen molar-refractivity contribution in [3.63, 3.8) is 0 Å². The van der Waals surface area contributed by atoms with Crippen molar-refractivity contribution in [2.45, 2.75) is 38.3 Å². The number of ether oxygens (including phenoxy) is 1. The van der Waals surface area contributed by atoms with Crippen molar-refractivity contribution in [3.05, 3.63) is 42.2 Å². The largest absolute Gasteiger partial charge is 0.378 e. The Morgan fingerprint density at radius 1 is 1.33 bits per heavy atom. The van der Waals surface area contributed by atoms with Crippen LogP contribution in [0.3, 0.4) is 0 Å². The summed E-state index contributed by atoms with van der Waals surface area (Å²) in [6.45, 7) is 2.91. The zero-order valence-electron chi connectivity index (χ0n) is 12.9. The first-order valence-electron chi connectivity index (χ1n) is 7.93. The molecule has 112 valence electrons. The summed E-state index contributed by atoms with van der Waals surface area (Å²) in [6, 6.07) is 9.00. The Hall–Kier alpha value is -1.45. The molecule has 1 saturated carbocycles. The van der Waals surface area contributed by atoms with E-state index in [-0.39, 0.29) is 0 Å². The van der Waals surface area contributed by atoms with Gasteiger partial charge in [-0.15, -0.1) is 0 Å². The first-order valence-corrected chi connectivity index (χ1v) is 7.93. The van der Waals surface area contributed by atoms with E-state index in [1.165, 1.54) is 35.6 Å². The highest BCUT2D eigenvalue weighted by atomic mass is 16.5. The van der Waals surface area contributed by atoms with Crippen LogP contribution in [0.5, 0.6) is 0 Å². The molecule has 3 heteroatoms. The van der Waals surface area contributed by atoms with Crippen LogP contribution in [0.2, 0.25) is 0 Å². The quantitative estimate of drug-likeness (QED) is 0.878. The van der Waals surface area contributed by atoms with Crippen LogP contribution in [0.15, 0.2) is 36.7 Å². The van der Waals surface area contributed by atoms with Crippen LogP contribution in [-0.2, 0) is 4.74 Å². The number of aromatic nitrogens is 1. The van der Waals surface area contributed by atoms with Crippen LogP contribution in [0.1, 0.15) is 37.8 Å². The summed E-state index contributed by atoms with van der Waals surface area (Å²) in [5, 5.41) is 6.02. The number of hydrogen-bond donors (Lipinski definition) is 1. The summed E-state index contributed by atoms with van der Waals surface area (Å²) in [5.74, 6) is 0.769. The summed E-state index contributed by atoms with van der Waals surface area (Å²) in [6.07, 6.45) is 7.92. The first kappa shape index (κ1) is 14.5. The van der Waals surface area contributed by atoms with Gasteiger partial charge in [0.2, 0.25) is 0 Å². The Labute approximate surface area is 126 Å². The maximum Gasteiger partial charge on any atom is 0.0580 e. The molecule has 1 heterocycles. The third kappa shape index (κ3) is 3.09. The molecule has 1 atom stereocenters. The molecule has 1 fully saturated rings. The van der Waals surface area contributed by atoms with Crippen molar-refractivity contribution in [1.29, 1.82) is 0 Å². The zero-order valence-corrected chi connectivity index (χ0v) is 12.9. The van der Waals surface area contributed by atoms with E-state index in [0.717, 1.165) is 12.5 Å². The van der Waals surface area contributed by atoms with E-state index in [1.54, 1.807) is 0 Å². The summed E-state index contributed by atoms with van der Waals surface area (Å²) in [5.41, 5.74) is 1.36. The predicted molar refractivity (Wildman–Crippen MR) is 86.3 cm³/mol. The number of benzene rings is 1. The average molecular weight is 284 g/mol. The summed E-state index contributed by atoms with van der Waals surface area (Å²) in [4.78, 5) is 4.29. The highest BCUT2D eigenvalue weighted by molar-refractivity contribution is 5.85. The lowest BCUT2D eigenvalue weighted by atomic mass is 9.77. The van der Waals surface area contributed by atoms with Crippen molar-refractivity contribution in [1.82, 2.24) is 10.3 Å². The van der Waals surface area contributed by atoms with Crippen LogP contribution < -0.4 is 5.32 Å². The third-order valence-electron chi connectivity index (χ3n) is 4.61. The molecule has 3 rings (SSSR count). The number of nitrogens with zero attached hydrogens (tertiary/aromatic N) is 1. The van der Waals surface area contributed by atoms with Gasteiger partial charge in [-0.3, -0.25) is 4.98 Å². The minimum Gasteiger partial charge on any atom is -0.378 e. The summed E-state index contributed by atoms with van der Waals surface area (Å²) >= 11 is 0. The van der Waals surface area contributed by atoms with Gasteiger partial charge < -0.3 is 10.1 Å². The van der Waals surface area contributed by atoms with E-state index in [0.29, 0.717) is 12.1 Å². The lowest BCUT2D eigenvalue weighted by Crippen LogP contribution is -2.34. The van der Waals surface area contributed by atoms with E-state index >= 15 is 0 Å². The van der Waals surface area contributed by atoms with E-state index in [4.69, 9.17) is 4.74 Å². The molecule has 0 amide bonds. The molecule has 21 heavy (non-hydrogen) atoms. The second-order valence-corrected chi connectivity index (χ2v) is 5.94. The van der Waals surface area contributed by atoms with Crippen molar-refractivity contribution < 1.29 is 4.74 Å². The minimum absolute atomic E-state index is 0.394. The Morgan fingerprint density at radius 2 is 2.19 bits per heavy atom. The molecule has 2 aromatic rings. The average Bonchev–Trinajstić information content (AvgIpc) is 2.49. The van der Waals surface area contributed by atoms with Crippen molar-refractivity contribution in [2.24, 2.45) is 5.92 Å². The van der Waals surface area contributed by atoms with E-state index in [1.807, 2.05) is 12.4 Å². The fourth-order valence-corrected chi connectivity index (χ4v) is 3.41. The topological polar surface area (TPSA) is 34.1 Å². The number of hydrogen-bond acceptors (Lipinski definition) is 3. The molecule has 0 saturated heterocycles. The highest BCUT2D eigenvalue weighted by Gasteiger charge is 2.31. The third-order valence-corrected chi connectivity index (χ3v) is 4.61. The lowest BCUT2D eigenvalue weighted by Gasteiger charge is -2.37. The molecular formula is C18H24N2O. The molecule has 1 aromatic heterocycles. The van der Waals surface area contributed by atoms with Crippen molar-refractivity contribution in [2.75, 3.05) is 13.7 Å². The Bertz CT molecular complexity index is 587. The molecule has 1 aliphatic rings. The van der Waals surface area contributed by atoms with Gasteiger partial charge in [-0.2, -0.15) is 0 Å². The molecular weight excluding hydrogens is 260 g/mol. The molecule has 0 radical (unpaired) electrons. The first-order chi connectivity index (χ1) is 10.3. The van der Waals surface area contributed by atoms with Gasteiger partial charge in [0.25, 0.3) is 0 Å². The van der Waals surface area contributed by atoms with Crippen LogP contribution in [0, 0.1) is 5.92 Å². The standard InChI is InChI=1S/C18H24N2O/c1-3-21-15-9-13(10-15)11-18(19-2)16-6-4-5-14-7-8-20-12-17(14)16/h4-8,12-13,15,18-19H,3,9-11H2,1-2H3. The second kappa shape index (κ2) is 6.54. The highest BCUT2D eigenvalue weighted by Crippen LogP contribution is 2.38. The lowest BCUT2D eigenvalue weighted by molar-refractivity contribution is -0.0289. The van der Waals surface area contributed by atoms with Crippen molar-refractivity contribution >= 4 is 10.8 Å². The van der Waals surface area contributed by atoms with Crippen molar-refractivity contribution in [3.8, 4) is 0 Å². The molecule has 0 bridgehead atoms. The van der Waals surface area contributed by atoms with Gasteiger partial charge in [0, 0.05) is 30.4 Å². The van der Waals surface area contributed by atoms with Gasteiger partial charge in [-0.05, 0) is 56.2 Å². The van der Waals surface area contributed by atoms with Gasteiger partial charge >= 0.3 is 0 Å². The van der Waals surface area contributed by atoms with E-state index < -0.39 is 0 Å².